The second-order valence-electron chi connectivity index (χ2n) is 4.52. The Bertz CT molecular complexity index is 493. The maximum atomic E-state index is 12.2. The van der Waals surface area contributed by atoms with Crippen molar-refractivity contribution in [3.05, 3.63) is 18.2 Å². The molecule has 0 spiro atoms. The molecule has 1 amide bonds. The van der Waals surface area contributed by atoms with Crippen molar-refractivity contribution in [3.63, 3.8) is 0 Å². The number of hydrogen-bond donors (Lipinski definition) is 2. The van der Waals surface area contributed by atoms with Gasteiger partial charge in [0.25, 0.3) is 0 Å². The van der Waals surface area contributed by atoms with Crippen LogP contribution in [0.1, 0.15) is 12.8 Å². The zero-order valence-corrected chi connectivity index (χ0v) is 12.4. The molecule has 1 rings (SSSR count). The van der Waals surface area contributed by atoms with Crippen LogP contribution >= 0.6 is 0 Å². The highest BCUT2D eigenvalue weighted by molar-refractivity contribution is 5.91. The average molecular weight is 320 g/mol. The van der Waals surface area contributed by atoms with Crippen LogP contribution in [0.15, 0.2) is 18.2 Å². The molecule has 124 valence electrons. The minimum atomic E-state index is -4.45. The molecule has 22 heavy (non-hydrogen) atoms. The summed E-state index contributed by atoms with van der Waals surface area (Å²) in [4.78, 5) is 11.7. The third kappa shape index (κ3) is 6.66. The third-order valence-corrected chi connectivity index (χ3v) is 2.67. The lowest BCUT2D eigenvalue weighted by molar-refractivity contribution is -0.153. The lowest BCUT2D eigenvalue weighted by Crippen LogP contribution is -2.19. The van der Waals surface area contributed by atoms with Crippen molar-refractivity contribution in [2.75, 3.05) is 32.6 Å². The van der Waals surface area contributed by atoms with Crippen LogP contribution in [0.25, 0.3) is 0 Å². The van der Waals surface area contributed by atoms with Gasteiger partial charge in [-0.25, -0.2) is 0 Å². The molecular weight excluding hydrogens is 301 g/mol. The van der Waals surface area contributed by atoms with Crippen molar-refractivity contribution in [1.82, 2.24) is 5.32 Å². The lowest BCUT2D eigenvalue weighted by atomic mass is 10.2. The van der Waals surface area contributed by atoms with Crippen molar-refractivity contribution >= 4 is 11.6 Å². The first-order chi connectivity index (χ1) is 10.4. The summed E-state index contributed by atoms with van der Waals surface area (Å²) in [6.45, 7) is -0.723. The molecule has 0 atom stereocenters. The molecule has 0 aliphatic rings. The van der Waals surface area contributed by atoms with Gasteiger partial charge in [0, 0.05) is 18.2 Å². The summed E-state index contributed by atoms with van der Waals surface area (Å²) < 4.78 is 46.3. The van der Waals surface area contributed by atoms with Crippen molar-refractivity contribution in [1.29, 1.82) is 0 Å². The van der Waals surface area contributed by atoms with Crippen LogP contribution in [0.4, 0.5) is 18.9 Å². The Morgan fingerprint density at radius 2 is 2.00 bits per heavy atom. The Morgan fingerprint density at radius 1 is 1.27 bits per heavy atom. The number of amides is 1. The van der Waals surface area contributed by atoms with E-state index in [-0.39, 0.29) is 17.4 Å². The summed E-state index contributed by atoms with van der Waals surface area (Å²) in [7, 11) is 3.11. The van der Waals surface area contributed by atoms with E-state index in [4.69, 9.17) is 9.47 Å². The van der Waals surface area contributed by atoms with Crippen LogP contribution in [-0.4, -0.2) is 39.4 Å². The molecule has 0 saturated carbocycles. The van der Waals surface area contributed by atoms with Gasteiger partial charge in [-0.2, -0.15) is 13.2 Å². The fraction of sp³-hybridized carbons (Fsp3) is 0.500. The minimum absolute atomic E-state index is 0.0761. The Labute approximate surface area is 126 Å². The number of hydrogen-bond acceptors (Lipinski definition) is 4. The quantitative estimate of drug-likeness (QED) is 0.723. The highest BCUT2D eigenvalue weighted by Crippen LogP contribution is 2.31. The second-order valence-corrected chi connectivity index (χ2v) is 4.52. The van der Waals surface area contributed by atoms with E-state index in [1.165, 1.54) is 25.3 Å². The summed E-state index contributed by atoms with van der Waals surface area (Å²) in [5.74, 6) is -0.132. The first-order valence-electron chi connectivity index (χ1n) is 6.67. The second kappa shape index (κ2) is 8.47. The van der Waals surface area contributed by atoms with Crippen LogP contribution < -0.4 is 20.1 Å². The first-order valence-corrected chi connectivity index (χ1v) is 6.67. The predicted molar refractivity (Wildman–Crippen MR) is 76.3 cm³/mol. The molecule has 5 nitrogen and oxygen atoms in total. The monoisotopic (exact) mass is 320 g/mol. The maximum Gasteiger partial charge on any atom is 0.422 e. The van der Waals surface area contributed by atoms with Crippen molar-refractivity contribution < 1.29 is 27.4 Å². The van der Waals surface area contributed by atoms with Gasteiger partial charge in [0.05, 0.1) is 7.11 Å². The maximum absolute atomic E-state index is 12.2. The van der Waals surface area contributed by atoms with E-state index >= 15 is 0 Å². The van der Waals surface area contributed by atoms with Gasteiger partial charge in [0.1, 0.15) is 0 Å². The van der Waals surface area contributed by atoms with Crippen LogP contribution in [0, 0.1) is 0 Å². The zero-order chi connectivity index (χ0) is 16.6. The number of alkyl halides is 3. The van der Waals surface area contributed by atoms with Crippen molar-refractivity contribution in [2.24, 2.45) is 0 Å². The highest BCUT2D eigenvalue weighted by atomic mass is 19.4. The molecule has 0 fully saturated rings. The van der Waals surface area contributed by atoms with E-state index in [0.717, 1.165) is 0 Å². The smallest absolute Gasteiger partial charge is 0.422 e. The summed E-state index contributed by atoms with van der Waals surface area (Å²) >= 11 is 0. The number of carbonyl (C=O) groups is 1. The van der Waals surface area contributed by atoms with Gasteiger partial charge in [-0.1, -0.05) is 0 Å². The Hall–Kier alpha value is -1.96. The number of anilines is 1. The number of carbonyl (C=O) groups excluding carboxylic acids is 1. The normalized spacial score (nSPS) is 11.1. The van der Waals surface area contributed by atoms with Gasteiger partial charge in [-0.15, -0.1) is 0 Å². The van der Waals surface area contributed by atoms with E-state index in [2.05, 4.69) is 10.6 Å². The summed E-state index contributed by atoms with van der Waals surface area (Å²) in [6, 6.07) is 4.28. The van der Waals surface area contributed by atoms with Crippen molar-refractivity contribution in [3.8, 4) is 11.5 Å². The Morgan fingerprint density at radius 3 is 2.59 bits per heavy atom. The van der Waals surface area contributed by atoms with Crippen molar-refractivity contribution in [2.45, 2.75) is 19.0 Å². The fourth-order valence-corrected chi connectivity index (χ4v) is 1.68. The lowest BCUT2D eigenvalue weighted by Gasteiger charge is -2.14. The molecule has 0 unspecified atom stereocenters. The number of rotatable bonds is 8. The van der Waals surface area contributed by atoms with E-state index in [0.29, 0.717) is 25.1 Å². The summed E-state index contributed by atoms with van der Waals surface area (Å²) in [6.07, 6.45) is -3.47. The molecule has 0 bridgehead atoms. The largest absolute Gasteiger partial charge is 0.493 e. The number of nitrogens with one attached hydrogen (secondary N) is 2. The molecule has 0 aliphatic heterocycles. The first kappa shape index (κ1) is 18.1. The summed E-state index contributed by atoms with van der Waals surface area (Å²) in [5, 5.41) is 5.53. The standard InChI is InChI=1S/C14H19F3N2O3/c1-18-7-3-4-13(20)19-10-5-6-11(21-2)12(8-10)22-9-14(15,16)17/h5-6,8,18H,3-4,7,9H2,1-2H3,(H,19,20). The molecule has 0 aromatic heterocycles. The molecule has 1 aromatic rings. The third-order valence-electron chi connectivity index (χ3n) is 2.67. The van der Waals surface area contributed by atoms with Gasteiger partial charge in [-0.05, 0) is 32.1 Å². The van der Waals surface area contributed by atoms with Gasteiger partial charge < -0.3 is 20.1 Å². The van der Waals surface area contributed by atoms with E-state index in [1.54, 1.807) is 7.05 Å². The Balaban J connectivity index is 2.70. The zero-order valence-electron chi connectivity index (χ0n) is 12.4. The molecular formula is C14H19F3N2O3. The Kier molecular flexibility index (Phi) is 6.97. The SMILES string of the molecule is CNCCCC(=O)Nc1ccc(OC)c(OCC(F)(F)F)c1. The number of methoxy groups -OCH3 is 1. The van der Waals surface area contributed by atoms with E-state index < -0.39 is 12.8 Å². The molecule has 0 heterocycles. The van der Waals surface area contributed by atoms with Gasteiger partial charge >= 0.3 is 6.18 Å². The number of benzene rings is 1. The van der Waals surface area contributed by atoms with E-state index in [1.807, 2.05) is 0 Å². The molecule has 1 aromatic carbocycles. The fourth-order valence-electron chi connectivity index (χ4n) is 1.68. The number of ether oxygens (including phenoxy) is 2. The molecule has 0 aliphatic carbocycles. The van der Waals surface area contributed by atoms with Gasteiger partial charge in [0.15, 0.2) is 18.1 Å². The minimum Gasteiger partial charge on any atom is -0.493 e. The summed E-state index contributed by atoms with van der Waals surface area (Å²) in [5.41, 5.74) is 0.354. The molecule has 0 radical (unpaired) electrons. The topological polar surface area (TPSA) is 59.6 Å². The van der Waals surface area contributed by atoms with E-state index in [9.17, 15) is 18.0 Å². The van der Waals surface area contributed by atoms with Crippen LogP contribution in [-0.2, 0) is 4.79 Å². The molecule has 0 saturated heterocycles. The average Bonchev–Trinajstić information content (AvgIpc) is 2.45. The molecule has 8 heteroatoms. The van der Waals surface area contributed by atoms with Crippen LogP contribution in [0.2, 0.25) is 0 Å². The highest BCUT2D eigenvalue weighted by Gasteiger charge is 2.29. The van der Waals surface area contributed by atoms with Gasteiger partial charge in [0.2, 0.25) is 5.91 Å². The number of halogens is 3. The van der Waals surface area contributed by atoms with Crippen LogP contribution in [0.5, 0.6) is 11.5 Å². The van der Waals surface area contributed by atoms with Crippen LogP contribution in [0.3, 0.4) is 0 Å². The molecule has 2 N–H and O–H groups in total. The van der Waals surface area contributed by atoms with Gasteiger partial charge in [-0.3, -0.25) is 4.79 Å². The predicted octanol–water partition coefficient (Wildman–Crippen LogP) is 2.57.